The van der Waals surface area contributed by atoms with Crippen LogP contribution in [-0.4, -0.2) is 70.3 Å². The highest BCUT2D eigenvalue weighted by molar-refractivity contribution is 8.01. The minimum atomic E-state index is 0.0726. The molecule has 2 amide bonds. The second kappa shape index (κ2) is 9.07. The molecule has 1 aromatic rings. The Morgan fingerprint density at radius 2 is 1.91 bits per heavy atom. The van der Waals surface area contributed by atoms with Gasteiger partial charge in [-0.2, -0.15) is 0 Å². The molecule has 0 bridgehead atoms. The Kier molecular flexibility index (Phi) is 7.10. The fourth-order valence-electron chi connectivity index (χ4n) is 2.20. The van der Waals surface area contributed by atoms with Crippen molar-refractivity contribution in [1.29, 1.82) is 0 Å². The Balaban J connectivity index is 1.71. The summed E-state index contributed by atoms with van der Waals surface area (Å²) >= 11 is 2.90. The molecular weight excluding hydrogens is 334 g/mol. The summed E-state index contributed by atoms with van der Waals surface area (Å²) in [5.41, 5.74) is 0. The number of piperazine rings is 1. The molecule has 2 rings (SSSR count). The summed E-state index contributed by atoms with van der Waals surface area (Å²) in [4.78, 5) is 27.1. The van der Waals surface area contributed by atoms with Gasteiger partial charge in [0.25, 0.3) is 0 Å². The number of hydrogen-bond donors (Lipinski definition) is 1. The molecule has 0 aliphatic carbocycles. The lowest BCUT2D eigenvalue weighted by Gasteiger charge is -2.34. The highest BCUT2D eigenvalue weighted by atomic mass is 32.2. The smallest absolute Gasteiger partial charge is 0.233 e. The van der Waals surface area contributed by atoms with Gasteiger partial charge in [0, 0.05) is 39.6 Å². The van der Waals surface area contributed by atoms with Crippen molar-refractivity contribution in [3.05, 3.63) is 0 Å². The topological polar surface area (TPSA) is 78.4 Å². The number of nitrogens with one attached hydrogen (secondary N) is 1. The number of amides is 2. The summed E-state index contributed by atoms with van der Waals surface area (Å²) in [6, 6.07) is 0. The molecule has 0 unspecified atom stereocenters. The Morgan fingerprint density at radius 1 is 1.22 bits per heavy atom. The van der Waals surface area contributed by atoms with Gasteiger partial charge in [0.05, 0.1) is 5.75 Å². The van der Waals surface area contributed by atoms with Crippen LogP contribution in [0.3, 0.4) is 0 Å². The number of anilines is 1. The third-order valence-corrected chi connectivity index (χ3v) is 5.61. The number of unbranched alkanes of at least 4 members (excludes halogenated alkanes) is 1. The second-order valence-electron chi connectivity index (χ2n) is 5.33. The van der Waals surface area contributed by atoms with E-state index in [1.165, 1.54) is 23.1 Å². The average molecular weight is 358 g/mol. The van der Waals surface area contributed by atoms with Gasteiger partial charge in [0.2, 0.25) is 16.9 Å². The van der Waals surface area contributed by atoms with Crippen molar-refractivity contribution in [1.82, 2.24) is 20.0 Å². The van der Waals surface area contributed by atoms with E-state index in [1.54, 1.807) is 11.8 Å². The van der Waals surface area contributed by atoms with E-state index in [0.717, 1.165) is 28.9 Å². The van der Waals surface area contributed by atoms with Gasteiger partial charge in [0.1, 0.15) is 0 Å². The summed E-state index contributed by atoms with van der Waals surface area (Å²) in [6.45, 7) is 7.07. The molecule has 1 saturated heterocycles. The zero-order chi connectivity index (χ0) is 16.7. The number of aromatic nitrogens is 2. The van der Waals surface area contributed by atoms with Crippen LogP contribution in [0.5, 0.6) is 0 Å². The first-order chi connectivity index (χ1) is 11.1. The Hall–Kier alpha value is -1.35. The summed E-state index contributed by atoms with van der Waals surface area (Å²) in [6.07, 6.45) is 2.24. The first-order valence-electron chi connectivity index (χ1n) is 7.83. The molecule has 0 spiro atoms. The maximum atomic E-state index is 12.2. The van der Waals surface area contributed by atoms with Crippen molar-refractivity contribution in [2.24, 2.45) is 0 Å². The molecule has 1 aliphatic rings. The molecule has 1 N–H and O–H groups in total. The zero-order valence-corrected chi connectivity index (χ0v) is 15.2. The molecule has 9 heteroatoms. The zero-order valence-electron chi connectivity index (χ0n) is 13.6. The van der Waals surface area contributed by atoms with E-state index in [2.05, 4.69) is 22.4 Å². The van der Waals surface area contributed by atoms with Crippen molar-refractivity contribution >= 4 is 40.0 Å². The minimum Gasteiger partial charge on any atom is -0.360 e. The van der Waals surface area contributed by atoms with Crippen molar-refractivity contribution in [2.45, 2.75) is 31.0 Å². The minimum absolute atomic E-state index is 0.0726. The molecule has 0 radical (unpaired) electrons. The van der Waals surface area contributed by atoms with Crippen LogP contribution in [0, 0.1) is 0 Å². The number of carbonyl (C=O) groups excluding carboxylic acids is 2. The van der Waals surface area contributed by atoms with Crippen LogP contribution < -0.4 is 5.32 Å². The van der Waals surface area contributed by atoms with Crippen molar-refractivity contribution in [3.63, 3.8) is 0 Å². The fourth-order valence-corrected chi connectivity index (χ4v) is 3.88. The third kappa shape index (κ3) is 5.65. The van der Waals surface area contributed by atoms with Crippen LogP contribution >= 0.6 is 23.1 Å². The van der Waals surface area contributed by atoms with Crippen molar-refractivity contribution in [2.75, 3.05) is 43.8 Å². The van der Waals surface area contributed by atoms with Gasteiger partial charge in [-0.05, 0) is 6.42 Å². The Labute approximate surface area is 144 Å². The third-order valence-electron chi connectivity index (χ3n) is 3.61. The van der Waals surface area contributed by atoms with Gasteiger partial charge in [-0.3, -0.25) is 9.59 Å². The predicted octanol–water partition coefficient (Wildman–Crippen LogP) is 1.53. The molecule has 1 fully saturated rings. The van der Waals surface area contributed by atoms with Crippen molar-refractivity contribution in [3.8, 4) is 0 Å². The van der Waals surface area contributed by atoms with Crippen LogP contribution in [0.1, 0.15) is 26.7 Å². The molecule has 128 valence electrons. The molecule has 2 heterocycles. The van der Waals surface area contributed by atoms with Crippen LogP contribution in [0.25, 0.3) is 0 Å². The number of nitrogens with zero attached hydrogens (tertiary/aromatic N) is 4. The van der Waals surface area contributed by atoms with E-state index in [9.17, 15) is 9.59 Å². The molecule has 0 atom stereocenters. The first kappa shape index (κ1) is 18.0. The van der Waals surface area contributed by atoms with E-state index < -0.39 is 0 Å². The van der Waals surface area contributed by atoms with E-state index in [4.69, 9.17) is 0 Å². The highest BCUT2D eigenvalue weighted by Crippen LogP contribution is 2.25. The normalized spacial score (nSPS) is 14.9. The summed E-state index contributed by atoms with van der Waals surface area (Å²) in [5.74, 6) is 0.529. The Morgan fingerprint density at radius 3 is 2.57 bits per heavy atom. The lowest BCUT2D eigenvalue weighted by atomic mass is 10.3. The molecule has 7 nitrogen and oxygen atoms in total. The van der Waals surface area contributed by atoms with E-state index >= 15 is 0 Å². The monoisotopic (exact) mass is 357 g/mol. The number of hydrogen-bond acceptors (Lipinski definition) is 7. The molecular formula is C14H23N5O2S2. The highest BCUT2D eigenvalue weighted by Gasteiger charge is 2.22. The van der Waals surface area contributed by atoms with Gasteiger partial charge in [-0.25, -0.2) is 0 Å². The van der Waals surface area contributed by atoms with Gasteiger partial charge in [-0.15, -0.1) is 10.2 Å². The number of rotatable bonds is 7. The molecule has 0 saturated carbocycles. The maximum absolute atomic E-state index is 12.2. The number of thioether (sulfide) groups is 1. The Bertz CT molecular complexity index is 529. The summed E-state index contributed by atoms with van der Waals surface area (Å²) in [5, 5.41) is 12.2. The summed E-state index contributed by atoms with van der Waals surface area (Å²) in [7, 11) is 0. The SMILES string of the molecule is CCCCNc1nnc(SCC(=O)N2CCN(C(C)=O)CC2)s1. The lowest BCUT2D eigenvalue weighted by Crippen LogP contribution is -2.50. The van der Waals surface area contributed by atoms with E-state index in [0.29, 0.717) is 31.9 Å². The first-order valence-corrected chi connectivity index (χ1v) is 9.63. The van der Waals surface area contributed by atoms with Crippen LogP contribution in [0.4, 0.5) is 5.13 Å². The lowest BCUT2D eigenvalue weighted by molar-refractivity contribution is -0.136. The molecule has 1 aliphatic heterocycles. The fraction of sp³-hybridized carbons (Fsp3) is 0.714. The van der Waals surface area contributed by atoms with Crippen LogP contribution in [0.15, 0.2) is 4.34 Å². The van der Waals surface area contributed by atoms with Crippen LogP contribution in [-0.2, 0) is 9.59 Å². The second-order valence-corrected chi connectivity index (χ2v) is 7.53. The van der Waals surface area contributed by atoms with Gasteiger partial charge in [0.15, 0.2) is 4.34 Å². The molecule has 0 aromatic carbocycles. The molecule has 1 aromatic heterocycles. The summed E-state index contributed by atoms with van der Waals surface area (Å²) < 4.78 is 0.805. The van der Waals surface area contributed by atoms with Gasteiger partial charge < -0.3 is 15.1 Å². The van der Waals surface area contributed by atoms with Crippen molar-refractivity contribution < 1.29 is 9.59 Å². The molecule has 23 heavy (non-hydrogen) atoms. The quantitative estimate of drug-likeness (QED) is 0.589. The predicted molar refractivity (Wildman–Crippen MR) is 92.9 cm³/mol. The van der Waals surface area contributed by atoms with Gasteiger partial charge >= 0.3 is 0 Å². The maximum Gasteiger partial charge on any atom is 0.233 e. The average Bonchev–Trinajstić information content (AvgIpc) is 3.01. The largest absolute Gasteiger partial charge is 0.360 e. The van der Waals surface area contributed by atoms with Gasteiger partial charge in [-0.1, -0.05) is 36.4 Å². The number of carbonyl (C=O) groups is 2. The van der Waals surface area contributed by atoms with E-state index in [-0.39, 0.29) is 11.8 Å². The van der Waals surface area contributed by atoms with Crippen LogP contribution in [0.2, 0.25) is 0 Å². The standard InChI is InChI=1S/C14H23N5O2S2/c1-3-4-5-15-13-16-17-14(23-13)22-10-12(21)19-8-6-18(7-9-19)11(2)20/h3-10H2,1-2H3,(H,15,16). The van der Waals surface area contributed by atoms with E-state index in [1.807, 2.05) is 4.90 Å².